The molecule has 5 heteroatoms. The van der Waals surface area contributed by atoms with Gasteiger partial charge in [0.05, 0.1) is 0 Å². The van der Waals surface area contributed by atoms with E-state index in [0.29, 0.717) is 13.0 Å². The average molecular weight is 270 g/mol. The summed E-state index contributed by atoms with van der Waals surface area (Å²) in [6.07, 6.45) is 2.69. The van der Waals surface area contributed by atoms with Gasteiger partial charge < -0.3 is 14.9 Å². The van der Waals surface area contributed by atoms with Crippen LogP contribution in [0.15, 0.2) is 0 Å². The lowest BCUT2D eigenvalue weighted by Gasteiger charge is -2.38. The van der Waals surface area contributed by atoms with Gasteiger partial charge in [-0.25, -0.2) is 4.79 Å². The maximum atomic E-state index is 12.6. The van der Waals surface area contributed by atoms with Crippen molar-refractivity contribution in [1.82, 2.24) is 9.80 Å². The summed E-state index contributed by atoms with van der Waals surface area (Å²) >= 11 is 0. The molecule has 1 fully saturated rings. The molecule has 0 aliphatic carbocycles. The number of amides is 2. The molecule has 1 rings (SSSR count). The van der Waals surface area contributed by atoms with E-state index in [1.807, 2.05) is 18.7 Å². The third kappa shape index (κ3) is 4.11. The lowest BCUT2D eigenvalue weighted by molar-refractivity contribution is -0.137. The number of carboxylic acid groups (broad SMARTS) is 1. The normalized spacial score (nSPS) is 17.8. The third-order valence-corrected chi connectivity index (χ3v) is 3.79. The zero-order valence-corrected chi connectivity index (χ0v) is 12.5. The molecule has 5 nitrogen and oxygen atoms in total. The van der Waals surface area contributed by atoms with E-state index in [9.17, 15) is 9.59 Å². The average Bonchev–Trinajstić information content (AvgIpc) is 2.62. The highest BCUT2D eigenvalue weighted by molar-refractivity contribution is 5.76. The Morgan fingerprint density at radius 2 is 2.00 bits per heavy atom. The van der Waals surface area contributed by atoms with Crippen LogP contribution in [0.3, 0.4) is 0 Å². The molecular formula is C14H26N2O3. The lowest BCUT2D eigenvalue weighted by atomic mass is 10.0. The number of carboxylic acids is 1. The van der Waals surface area contributed by atoms with Crippen LogP contribution in [0.25, 0.3) is 0 Å². The molecule has 0 radical (unpaired) electrons. The first-order chi connectivity index (χ1) is 8.75. The van der Waals surface area contributed by atoms with Crippen molar-refractivity contribution in [1.29, 1.82) is 0 Å². The number of rotatable bonds is 5. The molecule has 0 aromatic heterocycles. The van der Waals surface area contributed by atoms with Gasteiger partial charge in [0.2, 0.25) is 0 Å². The van der Waals surface area contributed by atoms with Crippen LogP contribution >= 0.6 is 0 Å². The molecule has 0 spiro atoms. The second-order valence-electron chi connectivity index (χ2n) is 6.13. The minimum absolute atomic E-state index is 0.0443. The van der Waals surface area contributed by atoms with Gasteiger partial charge in [-0.2, -0.15) is 0 Å². The molecule has 19 heavy (non-hydrogen) atoms. The second kappa shape index (κ2) is 6.26. The van der Waals surface area contributed by atoms with Gasteiger partial charge in [-0.15, -0.1) is 0 Å². The maximum absolute atomic E-state index is 12.6. The number of hydrogen-bond acceptors (Lipinski definition) is 2. The number of carbonyl (C=O) groups excluding carboxylic acids is 1. The summed E-state index contributed by atoms with van der Waals surface area (Å²) in [6, 6.07) is 0.139. The fourth-order valence-electron chi connectivity index (χ4n) is 2.59. The first-order valence-corrected chi connectivity index (χ1v) is 7.06. The Bertz CT molecular complexity index is 340. The molecule has 110 valence electrons. The van der Waals surface area contributed by atoms with E-state index in [1.165, 1.54) is 0 Å². The largest absolute Gasteiger partial charge is 0.481 e. The number of hydrogen-bond donors (Lipinski definition) is 1. The number of carbonyl (C=O) groups is 2. The van der Waals surface area contributed by atoms with E-state index in [2.05, 4.69) is 13.8 Å². The molecule has 1 aliphatic rings. The van der Waals surface area contributed by atoms with Gasteiger partial charge in [0.15, 0.2) is 0 Å². The second-order valence-corrected chi connectivity index (χ2v) is 6.13. The fraction of sp³-hybridized carbons (Fsp3) is 0.857. The first-order valence-electron chi connectivity index (χ1n) is 7.06. The van der Waals surface area contributed by atoms with E-state index in [4.69, 9.17) is 5.11 Å². The molecule has 0 saturated carbocycles. The van der Waals surface area contributed by atoms with Gasteiger partial charge in [0.25, 0.3) is 0 Å². The van der Waals surface area contributed by atoms with E-state index in [-0.39, 0.29) is 24.0 Å². The zero-order valence-electron chi connectivity index (χ0n) is 12.5. The van der Waals surface area contributed by atoms with Crippen molar-refractivity contribution in [2.24, 2.45) is 0 Å². The lowest BCUT2D eigenvalue weighted by Crippen LogP contribution is -2.52. The molecular weight excluding hydrogens is 244 g/mol. The van der Waals surface area contributed by atoms with E-state index >= 15 is 0 Å². The van der Waals surface area contributed by atoms with Crippen LogP contribution in [0.2, 0.25) is 0 Å². The third-order valence-electron chi connectivity index (χ3n) is 3.79. The van der Waals surface area contributed by atoms with E-state index < -0.39 is 5.97 Å². The van der Waals surface area contributed by atoms with Crippen molar-refractivity contribution in [3.8, 4) is 0 Å². The Kier molecular flexibility index (Phi) is 5.20. The summed E-state index contributed by atoms with van der Waals surface area (Å²) in [5, 5.41) is 8.68. The van der Waals surface area contributed by atoms with Crippen LogP contribution in [0.1, 0.15) is 53.4 Å². The minimum Gasteiger partial charge on any atom is -0.481 e. The summed E-state index contributed by atoms with van der Waals surface area (Å²) in [5.41, 5.74) is -0.0863. The van der Waals surface area contributed by atoms with Crippen molar-refractivity contribution < 1.29 is 14.7 Å². The number of aliphatic carboxylic acids is 1. The molecule has 0 atom stereocenters. The number of urea groups is 1. The van der Waals surface area contributed by atoms with Gasteiger partial charge in [0.1, 0.15) is 0 Å². The predicted molar refractivity (Wildman–Crippen MR) is 74.1 cm³/mol. The fourth-order valence-corrected chi connectivity index (χ4v) is 2.59. The van der Waals surface area contributed by atoms with Gasteiger partial charge in [-0.3, -0.25) is 4.79 Å². The van der Waals surface area contributed by atoms with Gasteiger partial charge >= 0.3 is 12.0 Å². The van der Waals surface area contributed by atoms with E-state index in [1.54, 1.807) is 4.90 Å². The van der Waals surface area contributed by atoms with Gasteiger partial charge in [-0.1, -0.05) is 0 Å². The summed E-state index contributed by atoms with van der Waals surface area (Å²) in [6.45, 7) is 9.44. The van der Waals surface area contributed by atoms with Crippen LogP contribution < -0.4 is 0 Å². The van der Waals surface area contributed by atoms with Crippen LogP contribution in [0.4, 0.5) is 4.79 Å². The Labute approximate surface area is 115 Å². The molecule has 1 aliphatic heterocycles. The molecule has 0 unspecified atom stereocenters. The van der Waals surface area contributed by atoms with Crippen molar-refractivity contribution in [3.63, 3.8) is 0 Å². The highest BCUT2D eigenvalue weighted by atomic mass is 16.4. The zero-order chi connectivity index (χ0) is 14.6. The van der Waals surface area contributed by atoms with Gasteiger partial charge in [0, 0.05) is 31.1 Å². The Hall–Kier alpha value is -1.26. The van der Waals surface area contributed by atoms with Crippen molar-refractivity contribution >= 4 is 12.0 Å². The van der Waals surface area contributed by atoms with Crippen molar-refractivity contribution in [3.05, 3.63) is 0 Å². The molecule has 2 amide bonds. The molecule has 1 heterocycles. The Morgan fingerprint density at radius 3 is 2.42 bits per heavy atom. The Morgan fingerprint density at radius 1 is 1.37 bits per heavy atom. The topological polar surface area (TPSA) is 60.9 Å². The molecule has 0 bridgehead atoms. The summed E-state index contributed by atoms with van der Waals surface area (Å²) in [7, 11) is 0. The minimum atomic E-state index is -0.808. The SMILES string of the molecule is CC(C)N(CCCC(=O)O)C(=O)N1CCCC1(C)C. The standard InChI is InChI=1S/C14H26N2O3/c1-11(2)15(9-5-7-12(17)18)13(19)16-10-6-8-14(16,3)4/h11H,5-10H2,1-4H3,(H,17,18). The highest BCUT2D eigenvalue weighted by Gasteiger charge is 2.37. The predicted octanol–water partition coefficient (Wildman–Crippen LogP) is 2.56. The van der Waals surface area contributed by atoms with E-state index in [0.717, 1.165) is 19.4 Å². The van der Waals surface area contributed by atoms with Crippen molar-refractivity contribution in [2.75, 3.05) is 13.1 Å². The monoisotopic (exact) mass is 270 g/mol. The molecule has 0 aromatic rings. The van der Waals surface area contributed by atoms with Gasteiger partial charge in [-0.05, 0) is 47.0 Å². The van der Waals surface area contributed by atoms with Crippen LogP contribution in [-0.2, 0) is 4.79 Å². The van der Waals surface area contributed by atoms with Crippen molar-refractivity contribution in [2.45, 2.75) is 65.0 Å². The summed E-state index contributed by atoms with van der Waals surface area (Å²) in [4.78, 5) is 26.9. The Balaban J connectivity index is 2.65. The van der Waals surface area contributed by atoms with Crippen LogP contribution in [0, 0.1) is 0 Å². The molecule has 1 N–H and O–H groups in total. The van der Waals surface area contributed by atoms with Crippen LogP contribution in [0.5, 0.6) is 0 Å². The highest BCUT2D eigenvalue weighted by Crippen LogP contribution is 2.29. The first kappa shape index (κ1) is 15.8. The summed E-state index contributed by atoms with van der Waals surface area (Å²) < 4.78 is 0. The number of nitrogens with zero attached hydrogens (tertiary/aromatic N) is 2. The van der Waals surface area contributed by atoms with Crippen LogP contribution in [-0.4, -0.2) is 51.6 Å². The summed E-state index contributed by atoms with van der Waals surface area (Å²) in [5.74, 6) is -0.808. The smallest absolute Gasteiger partial charge is 0.320 e. The number of likely N-dealkylation sites (tertiary alicyclic amines) is 1. The molecule has 0 aromatic carbocycles. The maximum Gasteiger partial charge on any atom is 0.320 e. The quantitative estimate of drug-likeness (QED) is 0.835. The molecule has 1 saturated heterocycles.